The molecule has 0 N–H and O–H groups in total. The Morgan fingerprint density at radius 2 is 0.943 bits per heavy atom. The summed E-state index contributed by atoms with van der Waals surface area (Å²) in [6.45, 7) is 0. The van der Waals surface area contributed by atoms with Crippen molar-refractivity contribution in [3.63, 3.8) is 0 Å². The summed E-state index contributed by atoms with van der Waals surface area (Å²) in [6.07, 6.45) is 5.50. The van der Waals surface area contributed by atoms with Gasteiger partial charge in [-0.25, -0.2) is 0 Å². The number of allylic oxidation sites excluding steroid dienone is 1. The summed E-state index contributed by atoms with van der Waals surface area (Å²) >= 11 is 0. The van der Waals surface area contributed by atoms with Crippen molar-refractivity contribution in [2.45, 2.75) is 0 Å². The highest BCUT2D eigenvalue weighted by molar-refractivity contribution is 7.95. The number of ether oxygens (including phenoxy) is 1. The minimum Gasteiger partial charge on any atom is -0.457 e. The molecule has 170 valence electrons. The number of hydrogen-bond donors (Lipinski definition) is 0. The number of rotatable bonds is 8. The van der Waals surface area contributed by atoms with Crippen LogP contribution in [-0.2, 0) is 0 Å². The maximum absolute atomic E-state index is 6.05. The lowest BCUT2D eigenvalue weighted by Crippen LogP contribution is -2.32. The van der Waals surface area contributed by atoms with Crippen molar-refractivity contribution in [3.05, 3.63) is 157 Å². The highest BCUT2D eigenvalue weighted by Crippen LogP contribution is 2.55. The van der Waals surface area contributed by atoms with E-state index in [1.165, 1.54) is 15.9 Å². The zero-order chi connectivity index (χ0) is 23.8. The second kappa shape index (κ2) is 11.0. The molecule has 0 unspecified atom stereocenters. The second-order valence-corrected chi connectivity index (χ2v) is 11.9. The Bertz CT molecular complexity index is 1270. The maximum Gasteiger partial charge on any atom is 0.128 e. The van der Waals surface area contributed by atoms with Gasteiger partial charge < -0.3 is 4.74 Å². The lowest BCUT2D eigenvalue weighted by molar-refractivity contribution is 0.482. The van der Waals surface area contributed by atoms with Gasteiger partial charge in [-0.1, -0.05) is 91.0 Å². The first-order chi connectivity index (χ1) is 17.3. The normalized spacial score (nSPS) is 11.4. The van der Waals surface area contributed by atoms with Crippen LogP contribution in [0.5, 0.6) is 11.5 Å². The van der Waals surface area contributed by atoms with E-state index in [1.54, 1.807) is 0 Å². The molecule has 5 aromatic rings. The number of benzene rings is 5. The summed E-state index contributed by atoms with van der Waals surface area (Å²) in [5, 5.41) is 4.18. The molecule has 5 aromatic carbocycles. The van der Waals surface area contributed by atoms with E-state index in [0.717, 1.165) is 23.2 Å². The molecule has 2 heteroatoms. The fourth-order valence-electron chi connectivity index (χ4n) is 4.46. The van der Waals surface area contributed by atoms with Gasteiger partial charge in [-0.3, -0.25) is 0 Å². The fraction of sp³-hybridized carbons (Fsp3) is 0.0303. The van der Waals surface area contributed by atoms with E-state index in [0.29, 0.717) is 0 Å². The average molecular weight is 472 g/mol. The third-order valence-corrected chi connectivity index (χ3v) is 10.4. The highest BCUT2D eigenvalue weighted by atomic mass is 31.2. The Hall–Kier alpha value is -3.93. The van der Waals surface area contributed by atoms with Crippen LogP contribution in [0, 0.1) is 0 Å². The molecule has 1 nitrogen and oxygen atoms in total. The summed E-state index contributed by atoms with van der Waals surface area (Å²) in [5.41, 5.74) is 1.13. The molecule has 0 aromatic heterocycles. The second-order valence-electron chi connectivity index (χ2n) is 8.39. The zero-order valence-electron chi connectivity index (χ0n) is 19.6. The molecule has 0 radical (unpaired) electrons. The van der Waals surface area contributed by atoms with Crippen LogP contribution < -0.4 is 20.7 Å². The topological polar surface area (TPSA) is 9.23 Å². The van der Waals surface area contributed by atoms with Crippen LogP contribution in [0.4, 0.5) is 0 Å². The quantitative estimate of drug-likeness (QED) is 0.213. The van der Waals surface area contributed by atoms with Crippen molar-refractivity contribution < 1.29 is 4.74 Å². The predicted molar refractivity (Wildman–Crippen MR) is 152 cm³/mol. The monoisotopic (exact) mass is 471 g/mol. The van der Waals surface area contributed by atoms with E-state index >= 15 is 0 Å². The smallest absolute Gasteiger partial charge is 0.128 e. The van der Waals surface area contributed by atoms with Crippen LogP contribution in [0.2, 0.25) is 0 Å². The van der Waals surface area contributed by atoms with Gasteiger partial charge in [0.05, 0.1) is 6.16 Å². The summed E-state index contributed by atoms with van der Waals surface area (Å²) < 4.78 is 6.05. The zero-order valence-corrected chi connectivity index (χ0v) is 20.5. The third kappa shape index (κ3) is 5.27. The first kappa shape index (κ1) is 22.8. The highest BCUT2D eigenvalue weighted by Gasteiger charge is 2.44. The van der Waals surface area contributed by atoms with Crippen molar-refractivity contribution in [1.82, 2.24) is 0 Å². The molecule has 0 heterocycles. The van der Waals surface area contributed by atoms with Gasteiger partial charge in [-0.15, -0.1) is 0 Å². The molecule has 0 amide bonds. The van der Waals surface area contributed by atoms with Crippen LogP contribution in [-0.4, -0.2) is 6.16 Å². The SMILES string of the molecule is C(=C\c1cccc(Oc2ccccc2)c1)/C[P+](c1ccccc1)(c1ccccc1)c1ccccc1. The van der Waals surface area contributed by atoms with Crippen molar-refractivity contribution in [2.75, 3.05) is 6.16 Å². The maximum atomic E-state index is 6.05. The molecular weight excluding hydrogens is 443 g/mol. The molecule has 0 saturated heterocycles. The lowest BCUT2D eigenvalue weighted by atomic mass is 10.2. The summed E-state index contributed by atoms with van der Waals surface area (Å²) in [4.78, 5) is 0. The Balaban J connectivity index is 1.51. The Morgan fingerprint density at radius 3 is 1.46 bits per heavy atom. The van der Waals surface area contributed by atoms with Crippen LogP contribution >= 0.6 is 7.26 Å². The van der Waals surface area contributed by atoms with Gasteiger partial charge >= 0.3 is 0 Å². The molecule has 0 saturated carbocycles. The first-order valence-corrected chi connectivity index (χ1v) is 13.9. The van der Waals surface area contributed by atoms with E-state index in [9.17, 15) is 0 Å². The van der Waals surface area contributed by atoms with Gasteiger partial charge in [0.2, 0.25) is 0 Å². The molecule has 0 spiro atoms. The van der Waals surface area contributed by atoms with Gasteiger partial charge in [0.1, 0.15) is 34.7 Å². The van der Waals surface area contributed by atoms with Gasteiger partial charge in [-0.2, -0.15) is 0 Å². The fourth-order valence-corrected chi connectivity index (χ4v) is 8.46. The molecule has 0 bridgehead atoms. The molecule has 0 atom stereocenters. The van der Waals surface area contributed by atoms with Crippen LogP contribution in [0.3, 0.4) is 0 Å². The molecule has 5 rings (SSSR count). The van der Waals surface area contributed by atoms with Crippen molar-refractivity contribution in [2.24, 2.45) is 0 Å². The van der Waals surface area contributed by atoms with Gasteiger partial charge in [0.15, 0.2) is 0 Å². The van der Waals surface area contributed by atoms with Crippen molar-refractivity contribution >= 4 is 29.3 Å². The van der Waals surface area contributed by atoms with E-state index in [1.807, 2.05) is 42.5 Å². The average Bonchev–Trinajstić information content (AvgIpc) is 2.93. The summed E-state index contributed by atoms with van der Waals surface area (Å²) in [5.74, 6) is 1.68. The predicted octanol–water partition coefficient (Wildman–Crippen LogP) is 7.49. The van der Waals surface area contributed by atoms with Gasteiger partial charge in [-0.05, 0) is 72.3 Å². The standard InChI is InChI=1S/C33H28OP/c1-5-17-29(18-6-1)34-30-19-13-15-28(27-30)16-14-26-35(31-20-7-2-8-21-31,32-22-9-3-10-23-32)33-24-11-4-12-25-33/h1-25,27H,26H2/q+1/b16-14+. The van der Waals surface area contributed by atoms with Gasteiger partial charge in [0.25, 0.3) is 0 Å². The van der Waals surface area contributed by atoms with Crippen LogP contribution in [0.15, 0.2) is 152 Å². The lowest BCUT2D eigenvalue weighted by Gasteiger charge is -2.26. The summed E-state index contributed by atoms with van der Waals surface area (Å²) in [7, 11) is -1.87. The van der Waals surface area contributed by atoms with Crippen LogP contribution in [0.25, 0.3) is 6.08 Å². The van der Waals surface area contributed by atoms with Gasteiger partial charge in [0, 0.05) is 0 Å². The van der Waals surface area contributed by atoms with Crippen LogP contribution in [0.1, 0.15) is 5.56 Å². The first-order valence-electron chi connectivity index (χ1n) is 11.9. The minimum absolute atomic E-state index is 0.841. The van der Waals surface area contributed by atoms with E-state index in [-0.39, 0.29) is 0 Å². The molecular formula is C33H28OP+. The molecule has 0 aliphatic rings. The number of hydrogen-bond acceptors (Lipinski definition) is 1. The number of para-hydroxylation sites is 1. The Kier molecular flexibility index (Phi) is 7.18. The van der Waals surface area contributed by atoms with Crippen molar-refractivity contribution in [1.29, 1.82) is 0 Å². The van der Waals surface area contributed by atoms with Crippen molar-refractivity contribution in [3.8, 4) is 11.5 Å². The minimum atomic E-state index is -1.87. The largest absolute Gasteiger partial charge is 0.457 e. The van der Waals surface area contributed by atoms with E-state index in [2.05, 4.69) is 115 Å². The molecule has 0 fully saturated rings. The Labute approximate surface area is 208 Å². The third-order valence-electron chi connectivity index (χ3n) is 6.12. The Morgan fingerprint density at radius 1 is 0.486 bits per heavy atom. The van der Waals surface area contributed by atoms with E-state index < -0.39 is 7.26 Å². The van der Waals surface area contributed by atoms with E-state index in [4.69, 9.17) is 4.74 Å². The molecule has 35 heavy (non-hydrogen) atoms. The molecule has 0 aliphatic heterocycles. The molecule has 0 aliphatic carbocycles. The summed E-state index contributed by atoms with van der Waals surface area (Å²) in [6, 6.07) is 51.1.